The number of hydrogen-bond acceptors (Lipinski definition) is 4. The Balaban J connectivity index is 2.30. The molecule has 2 rings (SSSR count). The van der Waals surface area contributed by atoms with E-state index in [0.29, 0.717) is 24.0 Å². The molecular formula is C13H18N4O. The third kappa shape index (κ3) is 2.56. The van der Waals surface area contributed by atoms with Crippen LogP contribution in [0.5, 0.6) is 0 Å². The largest absolute Gasteiger partial charge is 0.330 e. The molecule has 1 heterocycles. The predicted molar refractivity (Wildman–Crippen MR) is 71.3 cm³/mol. The highest BCUT2D eigenvalue weighted by molar-refractivity contribution is 5.76. The van der Waals surface area contributed by atoms with Crippen molar-refractivity contribution in [3.63, 3.8) is 0 Å². The molecule has 0 spiro atoms. The van der Waals surface area contributed by atoms with E-state index in [1.807, 2.05) is 12.1 Å². The molecule has 0 aliphatic carbocycles. The Morgan fingerprint density at radius 2 is 2.06 bits per heavy atom. The molecule has 0 amide bonds. The van der Waals surface area contributed by atoms with Crippen LogP contribution < -0.4 is 11.3 Å². The van der Waals surface area contributed by atoms with E-state index in [9.17, 15) is 4.79 Å². The number of aryl methyl sites for hydroxylation is 1. The highest BCUT2D eigenvalue weighted by atomic mass is 16.1. The highest BCUT2D eigenvalue weighted by Gasteiger charge is 2.16. The molecule has 96 valence electrons. The van der Waals surface area contributed by atoms with E-state index < -0.39 is 0 Å². The number of fused-ring (bicyclic) bond motifs is 1. The van der Waals surface area contributed by atoms with Crippen LogP contribution in [0.4, 0.5) is 0 Å². The molecule has 18 heavy (non-hydrogen) atoms. The Labute approximate surface area is 106 Å². The van der Waals surface area contributed by atoms with Gasteiger partial charge in [-0.3, -0.25) is 4.79 Å². The summed E-state index contributed by atoms with van der Waals surface area (Å²) < 4.78 is 1.42. The molecule has 0 aliphatic heterocycles. The molecule has 0 saturated carbocycles. The highest BCUT2D eigenvalue weighted by Crippen LogP contribution is 2.18. The van der Waals surface area contributed by atoms with E-state index in [2.05, 4.69) is 24.2 Å². The normalized spacial score (nSPS) is 11.9. The molecule has 0 aliphatic rings. The summed E-state index contributed by atoms with van der Waals surface area (Å²) in [5.74, 6) is 0. The second kappa shape index (κ2) is 4.86. The third-order valence-corrected chi connectivity index (χ3v) is 3.18. The lowest BCUT2D eigenvalue weighted by molar-refractivity contribution is 0.310. The fraction of sp³-hybridized carbons (Fsp3) is 0.462. The SMILES string of the molecule is CC(C)(CN)CCn1nnc2ccccc2c1=O. The Kier molecular flexibility index (Phi) is 3.43. The first-order valence-corrected chi connectivity index (χ1v) is 6.06. The van der Waals surface area contributed by atoms with Crippen LogP contribution in [0.1, 0.15) is 20.3 Å². The number of benzene rings is 1. The van der Waals surface area contributed by atoms with Crippen LogP contribution in [0.3, 0.4) is 0 Å². The Hall–Kier alpha value is -1.75. The van der Waals surface area contributed by atoms with Crippen LogP contribution in [0.2, 0.25) is 0 Å². The zero-order valence-electron chi connectivity index (χ0n) is 10.8. The van der Waals surface area contributed by atoms with E-state index in [4.69, 9.17) is 5.73 Å². The average Bonchev–Trinajstić information content (AvgIpc) is 2.38. The molecule has 1 aromatic carbocycles. The first-order valence-electron chi connectivity index (χ1n) is 6.06. The molecule has 0 unspecified atom stereocenters. The minimum absolute atomic E-state index is 0.00671. The molecular weight excluding hydrogens is 228 g/mol. The van der Waals surface area contributed by atoms with Crippen molar-refractivity contribution in [3.8, 4) is 0 Å². The van der Waals surface area contributed by atoms with E-state index >= 15 is 0 Å². The molecule has 0 radical (unpaired) electrons. The van der Waals surface area contributed by atoms with Gasteiger partial charge < -0.3 is 5.73 Å². The first kappa shape index (κ1) is 12.7. The van der Waals surface area contributed by atoms with Crippen molar-refractivity contribution < 1.29 is 0 Å². The summed E-state index contributed by atoms with van der Waals surface area (Å²) in [5.41, 5.74) is 6.23. The lowest BCUT2D eigenvalue weighted by atomic mass is 9.90. The van der Waals surface area contributed by atoms with Crippen LogP contribution in [0.15, 0.2) is 29.1 Å². The number of nitrogens with two attached hydrogens (primary N) is 1. The monoisotopic (exact) mass is 246 g/mol. The molecule has 1 aromatic heterocycles. The molecule has 0 fully saturated rings. The predicted octanol–water partition coefficient (Wildman–Crippen LogP) is 1.17. The molecule has 0 bridgehead atoms. The molecule has 5 nitrogen and oxygen atoms in total. The maximum absolute atomic E-state index is 12.2. The fourth-order valence-corrected chi connectivity index (χ4v) is 1.68. The summed E-state index contributed by atoms with van der Waals surface area (Å²) in [7, 11) is 0. The van der Waals surface area contributed by atoms with Crippen molar-refractivity contribution in [3.05, 3.63) is 34.6 Å². The van der Waals surface area contributed by atoms with Crippen LogP contribution in [-0.4, -0.2) is 21.5 Å². The van der Waals surface area contributed by atoms with Crippen LogP contribution in [0, 0.1) is 5.41 Å². The summed E-state index contributed by atoms with van der Waals surface area (Å²) in [5, 5.41) is 8.62. The number of aromatic nitrogens is 3. The van der Waals surface area contributed by atoms with Crippen LogP contribution in [-0.2, 0) is 6.54 Å². The molecule has 0 atom stereocenters. The van der Waals surface area contributed by atoms with Gasteiger partial charge in [0.05, 0.1) is 5.39 Å². The first-order chi connectivity index (χ1) is 8.53. The van der Waals surface area contributed by atoms with Gasteiger partial charge in [0.15, 0.2) is 0 Å². The van der Waals surface area contributed by atoms with Gasteiger partial charge in [-0.15, -0.1) is 5.10 Å². The quantitative estimate of drug-likeness (QED) is 0.878. The second-order valence-corrected chi connectivity index (χ2v) is 5.25. The van der Waals surface area contributed by atoms with E-state index in [0.717, 1.165) is 6.42 Å². The lowest BCUT2D eigenvalue weighted by Gasteiger charge is -2.21. The number of rotatable bonds is 4. The number of nitrogens with zero attached hydrogens (tertiary/aromatic N) is 3. The van der Waals surface area contributed by atoms with Crippen molar-refractivity contribution in [2.45, 2.75) is 26.8 Å². The minimum Gasteiger partial charge on any atom is -0.330 e. The third-order valence-electron chi connectivity index (χ3n) is 3.18. The van der Waals surface area contributed by atoms with Gasteiger partial charge in [-0.2, -0.15) is 0 Å². The smallest absolute Gasteiger partial charge is 0.277 e. The maximum atomic E-state index is 12.2. The van der Waals surface area contributed by atoms with E-state index in [1.54, 1.807) is 12.1 Å². The van der Waals surface area contributed by atoms with Gasteiger partial charge in [-0.05, 0) is 30.5 Å². The molecule has 2 aromatic rings. The van der Waals surface area contributed by atoms with Crippen molar-refractivity contribution in [1.82, 2.24) is 15.0 Å². The second-order valence-electron chi connectivity index (χ2n) is 5.25. The Morgan fingerprint density at radius 3 is 2.78 bits per heavy atom. The zero-order chi connectivity index (χ0) is 13.2. The standard InChI is InChI=1S/C13H18N4O/c1-13(2,9-14)7-8-17-12(18)10-5-3-4-6-11(10)15-16-17/h3-6H,7-9,14H2,1-2H3. The average molecular weight is 246 g/mol. The molecule has 0 saturated heterocycles. The summed E-state index contributed by atoms with van der Waals surface area (Å²) in [6.07, 6.45) is 0.802. The zero-order valence-corrected chi connectivity index (χ0v) is 10.8. The summed E-state index contributed by atoms with van der Waals surface area (Å²) >= 11 is 0. The van der Waals surface area contributed by atoms with Crippen molar-refractivity contribution in [1.29, 1.82) is 0 Å². The summed E-state index contributed by atoms with van der Waals surface area (Å²) in [4.78, 5) is 12.2. The van der Waals surface area contributed by atoms with Gasteiger partial charge >= 0.3 is 0 Å². The Bertz CT molecular complexity index is 603. The van der Waals surface area contributed by atoms with Gasteiger partial charge in [0, 0.05) is 6.54 Å². The molecule has 5 heteroatoms. The van der Waals surface area contributed by atoms with Gasteiger partial charge in [0.1, 0.15) is 5.52 Å². The van der Waals surface area contributed by atoms with Crippen LogP contribution >= 0.6 is 0 Å². The summed E-state index contributed by atoms with van der Waals surface area (Å²) in [6, 6.07) is 7.24. The van der Waals surface area contributed by atoms with Gasteiger partial charge in [0.25, 0.3) is 5.56 Å². The van der Waals surface area contributed by atoms with Crippen molar-refractivity contribution in [2.75, 3.05) is 6.54 Å². The van der Waals surface area contributed by atoms with Gasteiger partial charge in [-0.25, -0.2) is 4.68 Å². The Morgan fingerprint density at radius 1 is 1.33 bits per heavy atom. The van der Waals surface area contributed by atoms with Crippen molar-refractivity contribution in [2.24, 2.45) is 11.1 Å². The molecule has 2 N–H and O–H groups in total. The van der Waals surface area contributed by atoms with E-state index in [1.165, 1.54) is 4.68 Å². The minimum atomic E-state index is -0.0894. The van der Waals surface area contributed by atoms with Crippen molar-refractivity contribution >= 4 is 10.9 Å². The number of hydrogen-bond donors (Lipinski definition) is 1. The van der Waals surface area contributed by atoms with Gasteiger partial charge in [-0.1, -0.05) is 31.2 Å². The van der Waals surface area contributed by atoms with Crippen LogP contribution in [0.25, 0.3) is 10.9 Å². The maximum Gasteiger partial charge on any atom is 0.277 e. The fourth-order valence-electron chi connectivity index (χ4n) is 1.68. The van der Waals surface area contributed by atoms with Gasteiger partial charge in [0.2, 0.25) is 0 Å². The lowest BCUT2D eigenvalue weighted by Crippen LogP contribution is -2.30. The topological polar surface area (TPSA) is 73.8 Å². The summed E-state index contributed by atoms with van der Waals surface area (Å²) in [6.45, 7) is 5.28. The van der Waals surface area contributed by atoms with E-state index in [-0.39, 0.29) is 11.0 Å².